The van der Waals surface area contributed by atoms with E-state index >= 15 is 0 Å². The van der Waals surface area contributed by atoms with E-state index in [0.29, 0.717) is 23.5 Å². The quantitative estimate of drug-likeness (QED) is 0.555. The number of benzene rings is 1. The summed E-state index contributed by atoms with van der Waals surface area (Å²) in [5.41, 5.74) is 1.09. The van der Waals surface area contributed by atoms with E-state index in [0.717, 1.165) is 6.07 Å². The molecule has 2 amide bonds. The Morgan fingerprint density at radius 1 is 1.27 bits per heavy atom. The van der Waals surface area contributed by atoms with Crippen LogP contribution in [-0.2, 0) is 7.05 Å². The largest absolute Gasteiger partial charge is 0.366 e. The van der Waals surface area contributed by atoms with Gasteiger partial charge in [-0.1, -0.05) is 0 Å². The number of aryl methyl sites for hydroxylation is 1. The highest BCUT2D eigenvalue weighted by Crippen LogP contribution is 2.29. The van der Waals surface area contributed by atoms with Gasteiger partial charge in [-0.15, -0.1) is 0 Å². The maximum atomic E-state index is 14.1. The van der Waals surface area contributed by atoms with Gasteiger partial charge in [-0.05, 0) is 35.9 Å². The lowest BCUT2D eigenvalue weighted by atomic mass is 10.0. The van der Waals surface area contributed by atoms with Crippen molar-refractivity contribution in [2.24, 2.45) is 12.1 Å². The third-order valence-corrected chi connectivity index (χ3v) is 4.95. The topological polar surface area (TPSA) is 124 Å². The third-order valence-electron chi connectivity index (χ3n) is 4.95. The fourth-order valence-corrected chi connectivity index (χ4v) is 3.41. The standard InChI is InChI=1S/C21H19F2N9O/c1-31-20(27-12-29-31)17-3-2-16(23)19(30-17)25-6-7-26-21(33)32-18(4-5-28-32)14-8-13(11-24)9-15(22)10-14/h2-3,5,8-10,12,18H,4,6-7H2,1H3,(H,25,30)(H,26,33)/t18-/m0/s1. The molecule has 0 saturated carbocycles. The van der Waals surface area contributed by atoms with Crippen LogP contribution in [-0.4, -0.2) is 50.1 Å². The summed E-state index contributed by atoms with van der Waals surface area (Å²) in [6.07, 6.45) is 3.32. The van der Waals surface area contributed by atoms with Crippen molar-refractivity contribution in [3.63, 3.8) is 0 Å². The van der Waals surface area contributed by atoms with Gasteiger partial charge < -0.3 is 10.6 Å². The van der Waals surface area contributed by atoms with Crippen molar-refractivity contribution in [1.29, 1.82) is 5.26 Å². The van der Waals surface area contributed by atoms with Crippen LogP contribution < -0.4 is 10.6 Å². The lowest BCUT2D eigenvalue weighted by molar-refractivity contribution is 0.186. The summed E-state index contributed by atoms with van der Waals surface area (Å²) in [6.45, 7) is 0.345. The number of rotatable bonds is 6. The molecule has 0 radical (unpaired) electrons. The van der Waals surface area contributed by atoms with Gasteiger partial charge >= 0.3 is 6.03 Å². The molecule has 0 aliphatic carbocycles. The molecule has 0 fully saturated rings. The van der Waals surface area contributed by atoms with Crippen LogP contribution in [0.15, 0.2) is 41.8 Å². The number of aromatic nitrogens is 4. The average Bonchev–Trinajstić information content (AvgIpc) is 3.46. The van der Waals surface area contributed by atoms with Gasteiger partial charge in [-0.25, -0.2) is 33.2 Å². The zero-order valence-corrected chi connectivity index (χ0v) is 17.5. The number of carbonyl (C=O) groups excluding carboxylic acids is 1. The van der Waals surface area contributed by atoms with E-state index in [1.165, 1.54) is 40.3 Å². The van der Waals surface area contributed by atoms with Gasteiger partial charge in [-0.2, -0.15) is 15.5 Å². The molecule has 3 aromatic rings. The highest BCUT2D eigenvalue weighted by Gasteiger charge is 2.28. The molecule has 1 aliphatic rings. The Hall–Kier alpha value is -4.40. The Labute approximate surface area is 187 Å². The molecule has 168 valence electrons. The number of carbonyl (C=O) groups is 1. The number of hydrogen-bond donors (Lipinski definition) is 2. The summed E-state index contributed by atoms with van der Waals surface area (Å²) in [7, 11) is 1.70. The van der Waals surface area contributed by atoms with Gasteiger partial charge in [0.05, 0.1) is 17.7 Å². The van der Waals surface area contributed by atoms with Crippen LogP contribution in [0.1, 0.15) is 23.6 Å². The first-order valence-electron chi connectivity index (χ1n) is 10.0. The van der Waals surface area contributed by atoms with Crippen molar-refractivity contribution >= 4 is 18.1 Å². The monoisotopic (exact) mass is 451 g/mol. The van der Waals surface area contributed by atoms with Gasteiger partial charge in [0.1, 0.15) is 17.8 Å². The predicted octanol–water partition coefficient (Wildman–Crippen LogP) is 2.58. The van der Waals surface area contributed by atoms with E-state index in [-0.39, 0.29) is 24.5 Å². The van der Waals surface area contributed by atoms with Crippen LogP contribution in [0.4, 0.5) is 19.4 Å². The van der Waals surface area contributed by atoms with E-state index in [1.54, 1.807) is 13.3 Å². The number of hydrogen-bond acceptors (Lipinski definition) is 7. The first-order valence-corrected chi connectivity index (χ1v) is 10.0. The van der Waals surface area contributed by atoms with Crippen LogP contribution >= 0.6 is 0 Å². The highest BCUT2D eigenvalue weighted by atomic mass is 19.1. The van der Waals surface area contributed by atoms with Crippen molar-refractivity contribution in [3.05, 3.63) is 59.4 Å². The number of nitriles is 1. The molecule has 0 spiro atoms. The number of nitrogens with one attached hydrogen (secondary N) is 2. The summed E-state index contributed by atoms with van der Waals surface area (Å²) in [4.78, 5) is 20.9. The minimum atomic E-state index is -0.557. The Morgan fingerprint density at radius 2 is 2.12 bits per heavy atom. The van der Waals surface area contributed by atoms with Crippen molar-refractivity contribution in [3.8, 4) is 17.6 Å². The maximum Gasteiger partial charge on any atom is 0.338 e. The lowest BCUT2D eigenvalue weighted by Crippen LogP contribution is -2.39. The van der Waals surface area contributed by atoms with Gasteiger partial charge in [0, 0.05) is 32.8 Å². The molecule has 2 aromatic heterocycles. The van der Waals surface area contributed by atoms with Crippen molar-refractivity contribution in [1.82, 2.24) is 30.1 Å². The molecule has 1 aliphatic heterocycles. The third kappa shape index (κ3) is 4.77. The zero-order valence-electron chi connectivity index (χ0n) is 17.5. The second-order valence-corrected chi connectivity index (χ2v) is 7.17. The number of anilines is 1. The summed E-state index contributed by atoms with van der Waals surface area (Å²) in [6, 6.07) is 7.59. The molecule has 4 rings (SSSR count). The fraction of sp³-hybridized carbons (Fsp3) is 0.238. The molecule has 12 heteroatoms. The molecular formula is C21H19F2N9O. The molecule has 2 N–H and O–H groups in total. The number of nitrogens with zero attached hydrogens (tertiary/aromatic N) is 7. The first kappa shape index (κ1) is 21.8. The van der Waals surface area contributed by atoms with Gasteiger partial charge in [0.2, 0.25) is 0 Å². The molecule has 33 heavy (non-hydrogen) atoms. The van der Waals surface area contributed by atoms with Crippen molar-refractivity contribution in [2.45, 2.75) is 12.5 Å². The molecule has 0 unspecified atom stereocenters. The SMILES string of the molecule is Cn1ncnc1-c1ccc(F)c(NCCNC(=O)N2N=CC[C@H]2c2cc(F)cc(C#N)c2)n1. The van der Waals surface area contributed by atoms with Gasteiger partial charge in [0.15, 0.2) is 17.5 Å². The summed E-state index contributed by atoms with van der Waals surface area (Å²) < 4.78 is 29.5. The molecule has 10 nitrogen and oxygen atoms in total. The number of hydrazone groups is 1. The predicted molar refractivity (Wildman–Crippen MR) is 115 cm³/mol. The molecule has 1 atom stereocenters. The average molecular weight is 451 g/mol. The second-order valence-electron chi connectivity index (χ2n) is 7.17. The number of amides is 2. The minimum Gasteiger partial charge on any atom is -0.366 e. The lowest BCUT2D eigenvalue weighted by Gasteiger charge is -2.23. The Kier molecular flexibility index (Phi) is 6.21. The number of pyridine rings is 1. The maximum absolute atomic E-state index is 14.1. The van der Waals surface area contributed by atoms with E-state index in [2.05, 4.69) is 30.8 Å². The van der Waals surface area contributed by atoms with Crippen LogP contribution in [0, 0.1) is 23.0 Å². The van der Waals surface area contributed by atoms with Crippen LogP contribution in [0.3, 0.4) is 0 Å². The van der Waals surface area contributed by atoms with E-state index in [1.807, 2.05) is 6.07 Å². The Bertz CT molecular complexity index is 1250. The number of urea groups is 1. The summed E-state index contributed by atoms with van der Waals surface area (Å²) >= 11 is 0. The molecular weight excluding hydrogens is 432 g/mol. The minimum absolute atomic E-state index is 0.0191. The van der Waals surface area contributed by atoms with E-state index in [9.17, 15) is 13.6 Å². The summed E-state index contributed by atoms with van der Waals surface area (Å²) in [5.74, 6) is -0.596. The van der Waals surface area contributed by atoms with E-state index < -0.39 is 23.7 Å². The van der Waals surface area contributed by atoms with Crippen LogP contribution in [0.2, 0.25) is 0 Å². The molecule has 0 bridgehead atoms. The molecule has 1 aromatic carbocycles. The molecule has 3 heterocycles. The van der Waals surface area contributed by atoms with Gasteiger partial charge in [0.25, 0.3) is 0 Å². The Balaban J connectivity index is 1.35. The first-order chi connectivity index (χ1) is 16.0. The Morgan fingerprint density at radius 3 is 2.88 bits per heavy atom. The normalized spacial score (nSPS) is 14.8. The number of halogens is 2. The van der Waals surface area contributed by atoms with Crippen LogP contribution in [0.5, 0.6) is 0 Å². The van der Waals surface area contributed by atoms with Crippen LogP contribution in [0.25, 0.3) is 11.5 Å². The van der Waals surface area contributed by atoms with E-state index in [4.69, 9.17) is 5.26 Å². The summed E-state index contributed by atoms with van der Waals surface area (Å²) in [5, 5.41) is 23.8. The van der Waals surface area contributed by atoms with Gasteiger partial charge in [-0.3, -0.25) is 0 Å². The zero-order chi connectivity index (χ0) is 23.4. The molecule has 0 saturated heterocycles. The fourth-order valence-electron chi connectivity index (χ4n) is 3.41. The second kappa shape index (κ2) is 9.39. The van der Waals surface area contributed by atoms with Crippen molar-refractivity contribution < 1.29 is 13.6 Å². The highest BCUT2D eigenvalue weighted by molar-refractivity contribution is 5.78. The smallest absolute Gasteiger partial charge is 0.338 e. The van der Waals surface area contributed by atoms with Crippen molar-refractivity contribution in [2.75, 3.05) is 18.4 Å².